The number of hydrogen-bond donors (Lipinski definition) is 2. The first-order chi connectivity index (χ1) is 10.2. The molecule has 0 saturated heterocycles. The number of rotatable bonds is 3. The van der Waals surface area contributed by atoms with Crippen molar-refractivity contribution >= 4 is 17.5 Å². The fraction of sp³-hybridized carbons (Fsp3) is 0.250. The molecule has 1 aliphatic heterocycles. The first-order valence-corrected chi connectivity index (χ1v) is 7.31. The molecule has 1 aromatic heterocycles. The average molecular weight is 302 g/mol. The Morgan fingerprint density at radius 3 is 3.14 bits per heavy atom. The van der Waals surface area contributed by atoms with Crippen LogP contribution in [0, 0.1) is 0 Å². The van der Waals surface area contributed by atoms with Gasteiger partial charge in [-0.05, 0) is 41.8 Å². The lowest BCUT2D eigenvalue weighted by molar-refractivity contribution is 0.0949. The standard InChI is InChI=1S/C16H16ClN3O/c17-13-3-1-2-11(6-13)7-20-16(21)15-10-19-9-12-8-18-5-4-14(12)15/h1-3,6,9-10,18H,4-5,7-8H2,(H,20,21). The topological polar surface area (TPSA) is 54.0 Å². The van der Waals surface area contributed by atoms with E-state index in [0.29, 0.717) is 17.1 Å². The molecule has 0 spiro atoms. The van der Waals surface area contributed by atoms with Gasteiger partial charge >= 0.3 is 0 Å². The van der Waals surface area contributed by atoms with Crippen LogP contribution in [0.1, 0.15) is 27.0 Å². The van der Waals surface area contributed by atoms with E-state index < -0.39 is 0 Å². The Labute approximate surface area is 128 Å². The third-order valence-corrected chi connectivity index (χ3v) is 3.84. The Kier molecular flexibility index (Phi) is 4.18. The quantitative estimate of drug-likeness (QED) is 0.915. The van der Waals surface area contributed by atoms with E-state index in [1.807, 2.05) is 30.5 Å². The first kappa shape index (κ1) is 14.0. The molecule has 1 aliphatic rings. The van der Waals surface area contributed by atoms with E-state index in [0.717, 1.165) is 36.2 Å². The smallest absolute Gasteiger partial charge is 0.253 e. The molecule has 0 bridgehead atoms. The van der Waals surface area contributed by atoms with Crippen molar-refractivity contribution in [1.82, 2.24) is 15.6 Å². The Balaban J connectivity index is 1.74. The molecule has 0 radical (unpaired) electrons. The molecule has 1 amide bonds. The third-order valence-electron chi connectivity index (χ3n) is 3.60. The van der Waals surface area contributed by atoms with Gasteiger partial charge in [0.2, 0.25) is 0 Å². The fourth-order valence-corrected chi connectivity index (χ4v) is 2.75. The first-order valence-electron chi connectivity index (χ1n) is 6.93. The van der Waals surface area contributed by atoms with Crippen LogP contribution in [0.5, 0.6) is 0 Å². The third kappa shape index (κ3) is 3.23. The summed E-state index contributed by atoms with van der Waals surface area (Å²) in [6.07, 6.45) is 4.34. The summed E-state index contributed by atoms with van der Waals surface area (Å²) >= 11 is 5.94. The maximum atomic E-state index is 12.4. The van der Waals surface area contributed by atoms with Crippen LogP contribution in [-0.4, -0.2) is 17.4 Å². The zero-order valence-corrected chi connectivity index (χ0v) is 12.3. The van der Waals surface area contributed by atoms with Crippen LogP contribution in [0.15, 0.2) is 36.7 Å². The summed E-state index contributed by atoms with van der Waals surface area (Å²) < 4.78 is 0. The van der Waals surface area contributed by atoms with Crippen molar-refractivity contribution in [2.24, 2.45) is 0 Å². The van der Waals surface area contributed by atoms with Gasteiger partial charge < -0.3 is 10.6 Å². The minimum atomic E-state index is -0.0822. The second-order valence-corrected chi connectivity index (χ2v) is 5.50. The molecule has 2 aromatic rings. The van der Waals surface area contributed by atoms with Crippen LogP contribution < -0.4 is 10.6 Å². The predicted octanol–water partition coefficient (Wildman–Crippen LogP) is 2.31. The van der Waals surface area contributed by atoms with Crippen molar-refractivity contribution in [2.45, 2.75) is 19.5 Å². The van der Waals surface area contributed by atoms with Crippen molar-refractivity contribution in [3.8, 4) is 0 Å². The number of aromatic nitrogens is 1. The number of benzene rings is 1. The van der Waals surface area contributed by atoms with Gasteiger partial charge in [-0.15, -0.1) is 0 Å². The van der Waals surface area contributed by atoms with Gasteiger partial charge in [0.15, 0.2) is 0 Å². The van der Waals surface area contributed by atoms with Crippen molar-refractivity contribution in [1.29, 1.82) is 0 Å². The molecule has 2 N–H and O–H groups in total. The highest BCUT2D eigenvalue weighted by Crippen LogP contribution is 2.17. The van der Waals surface area contributed by atoms with E-state index in [1.165, 1.54) is 0 Å². The van der Waals surface area contributed by atoms with Gasteiger partial charge in [0.25, 0.3) is 5.91 Å². The Morgan fingerprint density at radius 1 is 1.38 bits per heavy atom. The number of fused-ring (bicyclic) bond motifs is 1. The average Bonchev–Trinajstić information content (AvgIpc) is 2.52. The molecule has 4 nitrogen and oxygen atoms in total. The van der Waals surface area contributed by atoms with E-state index in [-0.39, 0.29) is 5.91 Å². The molecule has 3 rings (SSSR count). The second-order valence-electron chi connectivity index (χ2n) is 5.06. The van der Waals surface area contributed by atoms with Gasteiger partial charge in [-0.1, -0.05) is 23.7 Å². The Morgan fingerprint density at radius 2 is 2.29 bits per heavy atom. The molecule has 5 heteroatoms. The molecule has 21 heavy (non-hydrogen) atoms. The van der Waals surface area contributed by atoms with E-state index in [2.05, 4.69) is 15.6 Å². The number of halogens is 1. The van der Waals surface area contributed by atoms with Crippen LogP contribution >= 0.6 is 11.6 Å². The van der Waals surface area contributed by atoms with Crippen LogP contribution in [-0.2, 0) is 19.5 Å². The molecule has 1 aromatic carbocycles. The van der Waals surface area contributed by atoms with Gasteiger partial charge in [-0.3, -0.25) is 9.78 Å². The Bertz CT molecular complexity index is 672. The zero-order chi connectivity index (χ0) is 14.7. The van der Waals surface area contributed by atoms with Crippen LogP contribution in [0.2, 0.25) is 5.02 Å². The summed E-state index contributed by atoms with van der Waals surface area (Å²) in [5.41, 5.74) is 3.87. The van der Waals surface area contributed by atoms with E-state index in [1.54, 1.807) is 6.20 Å². The summed E-state index contributed by atoms with van der Waals surface area (Å²) in [5, 5.41) is 6.89. The normalized spacial score (nSPS) is 13.6. The lowest BCUT2D eigenvalue weighted by Gasteiger charge is -2.19. The fourth-order valence-electron chi connectivity index (χ4n) is 2.53. The van der Waals surface area contributed by atoms with Crippen LogP contribution in [0.4, 0.5) is 0 Å². The second kappa shape index (κ2) is 6.24. The Hall–Kier alpha value is -1.91. The van der Waals surface area contributed by atoms with Gasteiger partial charge in [0.1, 0.15) is 0 Å². The SMILES string of the molecule is O=C(NCc1cccc(Cl)c1)c1cncc2c1CCNC2. The van der Waals surface area contributed by atoms with Crippen molar-refractivity contribution in [2.75, 3.05) is 6.54 Å². The number of nitrogens with one attached hydrogen (secondary N) is 2. The summed E-state index contributed by atoms with van der Waals surface area (Å²) in [6, 6.07) is 7.48. The molecular formula is C16H16ClN3O. The van der Waals surface area contributed by atoms with Crippen molar-refractivity contribution in [3.63, 3.8) is 0 Å². The number of carbonyl (C=O) groups excluding carboxylic acids is 1. The lowest BCUT2D eigenvalue weighted by atomic mass is 9.98. The lowest BCUT2D eigenvalue weighted by Crippen LogP contribution is -2.29. The predicted molar refractivity (Wildman–Crippen MR) is 82.3 cm³/mol. The van der Waals surface area contributed by atoms with Gasteiger partial charge in [0.05, 0.1) is 5.56 Å². The minimum Gasteiger partial charge on any atom is -0.348 e. The van der Waals surface area contributed by atoms with Crippen LogP contribution in [0.3, 0.4) is 0 Å². The number of nitrogens with zero attached hydrogens (tertiary/aromatic N) is 1. The molecule has 2 heterocycles. The monoisotopic (exact) mass is 301 g/mol. The zero-order valence-electron chi connectivity index (χ0n) is 11.5. The number of hydrogen-bond acceptors (Lipinski definition) is 3. The van der Waals surface area contributed by atoms with Gasteiger partial charge in [0, 0.05) is 30.5 Å². The van der Waals surface area contributed by atoms with E-state index >= 15 is 0 Å². The van der Waals surface area contributed by atoms with Gasteiger partial charge in [-0.2, -0.15) is 0 Å². The minimum absolute atomic E-state index is 0.0822. The maximum absolute atomic E-state index is 12.4. The largest absolute Gasteiger partial charge is 0.348 e. The molecule has 0 fully saturated rings. The molecule has 108 valence electrons. The summed E-state index contributed by atoms with van der Waals surface area (Å²) in [4.78, 5) is 16.5. The summed E-state index contributed by atoms with van der Waals surface area (Å²) in [6.45, 7) is 2.13. The highest BCUT2D eigenvalue weighted by atomic mass is 35.5. The highest BCUT2D eigenvalue weighted by molar-refractivity contribution is 6.30. The molecular weight excluding hydrogens is 286 g/mol. The highest BCUT2D eigenvalue weighted by Gasteiger charge is 2.17. The number of carbonyl (C=O) groups is 1. The summed E-state index contributed by atoms with van der Waals surface area (Å²) in [5.74, 6) is -0.0822. The van der Waals surface area contributed by atoms with E-state index in [4.69, 9.17) is 11.6 Å². The summed E-state index contributed by atoms with van der Waals surface area (Å²) in [7, 11) is 0. The molecule has 0 saturated carbocycles. The van der Waals surface area contributed by atoms with E-state index in [9.17, 15) is 4.79 Å². The van der Waals surface area contributed by atoms with Gasteiger partial charge in [-0.25, -0.2) is 0 Å². The molecule has 0 unspecified atom stereocenters. The number of pyridine rings is 1. The molecule has 0 aliphatic carbocycles. The number of amides is 1. The maximum Gasteiger partial charge on any atom is 0.253 e. The van der Waals surface area contributed by atoms with Crippen LogP contribution in [0.25, 0.3) is 0 Å². The van der Waals surface area contributed by atoms with Crippen molar-refractivity contribution in [3.05, 3.63) is 63.9 Å². The van der Waals surface area contributed by atoms with Crippen molar-refractivity contribution < 1.29 is 4.79 Å². The molecule has 0 atom stereocenters.